The zero-order valence-electron chi connectivity index (χ0n) is 14.2. The van der Waals surface area contributed by atoms with Gasteiger partial charge in [0.2, 0.25) is 0 Å². The summed E-state index contributed by atoms with van der Waals surface area (Å²) in [5, 5.41) is 14.3. The summed E-state index contributed by atoms with van der Waals surface area (Å²) in [5.74, 6) is 0.490. The molecule has 0 unspecified atom stereocenters. The Morgan fingerprint density at radius 1 is 1.42 bits per heavy atom. The minimum Gasteiger partial charge on any atom is -0.484 e. The lowest BCUT2D eigenvalue weighted by molar-refractivity contribution is 0.143. The van der Waals surface area contributed by atoms with Crippen LogP contribution in [0.5, 0.6) is 5.75 Å². The summed E-state index contributed by atoms with van der Waals surface area (Å²) in [4.78, 5) is 16.0. The molecule has 3 aromatic heterocycles. The average Bonchev–Trinajstić information content (AvgIpc) is 3.00. The molecule has 130 valence electrons. The monoisotopic (exact) mass is 347 g/mol. The lowest BCUT2D eigenvalue weighted by atomic mass is 10.1. The first kappa shape index (κ1) is 16.1. The van der Waals surface area contributed by atoms with Crippen molar-refractivity contribution in [3.63, 3.8) is 0 Å². The smallest absolute Gasteiger partial charge is 0.183 e. The Hall–Kier alpha value is -3.44. The van der Waals surface area contributed by atoms with Crippen LogP contribution in [0.2, 0.25) is 0 Å². The quantitative estimate of drug-likeness (QED) is 0.612. The van der Waals surface area contributed by atoms with Crippen molar-refractivity contribution in [3.8, 4) is 11.8 Å². The van der Waals surface area contributed by atoms with Crippen LogP contribution >= 0.6 is 0 Å². The molecule has 4 heterocycles. The number of aromatic amines is 1. The molecular weight excluding hydrogens is 330 g/mol. The highest BCUT2D eigenvalue weighted by Gasteiger charge is 2.24. The highest BCUT2D eigenvalue weighted by molar-refractivity contribution is 6.14. The van der Waals surface area contributed by atoms with Gasteiger partial charge in [-0.05, 0) is 6.07 Å². The molecule has 0 atom stereocenters. The largest absolute Gasteiger partial charge is 0.484 e. The van der Waals surface area contributed by atoms with Crippen molar-refractivity contribution in [2.45, 2.75) is 6.10 Å². The summed E-state index contributed by atoms with van der Waals surface area (Å²) in [5.41, 5.74) is 9.04. The molecule has 0 amide bonds. The molecule has 0 bridgehead atoms. The Morgan fingerprint density at radius 3 is 2.92 bits per heavy atom. The fourth-order valence-electron chi connectivity index (χ4n) is 2.95. The number of aliphatic imine (C=N–C) groups is 1. The molecule has 0 radical (unpaired) electrons. The first-order valence-corrected chi connectivity index (χ1v) is 8.17. The topological polar surface area (TPSA) is 125 Å². The number of nitrogens with one attached hydrogen (secondary N) is 2. The zero-order valence-corrected chi connectivity index (χ0v) is 14.2. The Labute approximate surface area is 149 Å². The third kappa shape index (κ3) is 2.55. The van der Waals surface area contributed by atoms with E-state index in [1.165, 1.54) is 6.20 Å². The Kier molecular flexibility index (Phi) is 3.99. The summed E-state index contributed by atoms with van der Waals surface area (Å²) in [6.07, 6.45) is 6.56. The number of nitrogens with zero attached hydrogens (tertiary/aromatic N) is 4. The lowest BCUT2D eigenvalue weighted by Crippen LogP contribution is -2.50. The first-order chi connectivity index (χ1) is 12.7. The minimum absolute atomic E-state index is 0.0299. The van der Waals surface area contributed by atoms with Crippen molar-refractivity contribution < 1.29 is 4.74 Å². The lowest BCUT2D eigenvalue weighted by Gasteiger charge is -2.28. The van der Waals surface area contributed by atoms with Crippen LogP contribution in [0.15, 0.2) is 29.7 Å². The number of allylic oxidation sites excluding steroid dienone is 1. The van der Waals surface area contributed by atoms with Gasteiger partial charge in [-0.15, -0.1) is 0 Å². The van der Waals surface area contributed by atoms with Crippen LogP contribution in [-0.2, 0) is 0 Å². The standard InChI is InChI=1S/C18H17N7O/c1-21-5-11(3-19)10-2-13-16-15(25-18(13)24-6-10)9-23-14(4-20)17(16)26-12-7-22-8-12/h2-3,5-6,9,12,22H,7-8,19H2,1H3,(H,24,25). The Morgan fingerprint density at radius 2 is 2.27 bits per heavy atom. The van der Waals surface area contributed by atoms with E-state index in [2.05, 4.69) is 31.3 Å². The third-order valence-corrected chi connectivity index (χ3v) is 4.36. The number of ether oxygens (including phenoxy) is 1. The van der Waals surface area contributed by atoms with Crippen LogP contribution in [0.25, 0.3) is 27.5 Å². The summed E-state index contributed by atoms with van der Waals surface area (Å²) >= 11 is 0. The van der Waals surface area contributed by atoms with E-state index in [1.807, 2.05) is 6.07 Å². The number of fused-ring (bicyclic) bond motifs is 3. The number of pyridine rings is 2. The molecule has 1 aliphatic rings. The van der Waals surface area contributed by atoms with E-state index in [-0.39, 0.29) is 11.8 Å². The third-order valence-electron chi connectivity index (χ3n) is 4.36. The van der Waals surface area contributed by atoms with Gasteiger partial charge in [0.05, 0.1) is 17.1 Å². The van der Waals surface area contributed by atoms with Crippen molar-refractivity contribution in [1.29, 1.82) is 5.26 Å². The maximum absolute atomic E-state index is 9.46. The van der Waals surface area contributed by atoms with E-state index in [1.54, 1.807) is 25.7 Å². The molecule has 0 spiro atoms. The van der Waals surface area contributed by atoms with E-state index in [0.29, 0.717) is 11.4 Å². The van der Waals surface area contributed by atoms with E-state index in [4.69, 9.17) is 10.5 Å². The van der Waals surface area contributed by atoms with Gasteiger partial charge in [0.15, 0.2) is 11.4 Å². The van der Waals surface area contributed by atoms with Gasteiger partial charge >= 0.3 is 0 Å². The van der Waals surface area contributed by atoms with Crippen LogP contribution in [0, 0.1) is 11.3 Å². The second kappa shape index (κ2) is 6.46. The van der Waals surface area contributed by atoms with Crippen molar-refractivity contribution >= 4 is 33.7 Å². The average molecular weight is 347 g/mol. The predicted octanol–water partition coefficient (Wildman–Crippen LogP) is 1.33. The van der Waals surface area contributed by atoms with Crippen molar-refractivity contribution in [1.82, 2.24) is 20.3 Å². The molecular formula is C18H17N7O. The number of H-pyrrole nitrogens is 1. The highest BCUT2D eigenvalue weighted by Crippen LogP contribution is 2.35. The number of rotatable bonds is 4. The predicted molar refractivity (Wildman–Crippen MR) is 100.0 cm³/mol. The maximum atomic E-state index is 9.46. The molecule has 1 fully saturated rings. The molecule has 0 saturated carbocycles. The molecule has 4 N–H and O–H groups in total. The second-order valence-electron chi connectivity index (χ2n) is 5.99. The summed E-state index contributed by atoms with van der Waals surface area (Å²) < 4.78 is 6.07. The number of aromatic nitrogens is 3. The number of hydrogen-bond acceptors (Lipinski definition) is 7. The fraction of sp³-hybridized carbons (Fsp3) is 0.222. The van der Waals surface area contributed by atoms with Gasteiger partial charge in [0.1, 0.15) is 17.8 Å². The molecule has 4 rings (SSSR count). The molecule has 0 aliphatic carbocycles. The van der Waals surface area contributed by atoms with Crippen LogP contribution in [0.1, 0.15) is 11.3 Å². The van der Waals surface area contributed by atoms with E-state index >= 15 is 0 Å². The minimum atomic E-state index is 0.0299. The van der Waals surface area contributed by atoms with Gasteiger partial charge in [0.25, 0.3) is 0 Å². The molecule has 8 heteroatoms. The molecule has 8 nitrogen and oxygen atoms in total. The van der Waals surface area contributed by atoms with Gasteiger partial charge in [-0.3, -0.25) is 4.99 Å². The van der Waals surface area contributed by atoms with Crippen LogP contribution < -0.4 is 15.8 Å². The summed E-state index contributed by atoms with van der Waals surface area (Å²) in [6, 6.07) is 4.09. The van der Waals surface area contributed by atoms with Crippen LogP contribution in [0.4, 0.5) is 0 Å². The van der Waals surface area contributed by atoms with Crippen LogP contribution in [0.3, 0.4) is 0 Å². The fourth-order valence-corrected chi connectivity index (χ4v) is 2.95. The van der Waals surface area contributed by atoms with Crippen molar-refractivity contribution in [2.24, 2.45) is 10.7 Å². The maximum Gasteiger partial charge on any atom is 0.183 e. The van der Waals surface area contributed by atoms with Gasteiger partial charge in [0, 0.05) is 55.3 Å². The number of hydrogen-bond donors (Lipinski definition) is 3. The van der Waals surface area contributed by atoms with E-state index in [9.17, 15) is 5.26 Å². The normalized spacial score (nSPS) is 15.5. The van der Waals surface area contributed by atoms with Gasteiger partial charge in [-0.2, -0.15) is 5.26 Å². The van der Waals surface area contributed by atoms with Gasteiger partial charge in [-0.25, -0.2) is 9.97 Å². The van der Waals surface area contributed by atoms with Gasteiger partial charge in [-0.1, -0.05) is 0 Å². The Balaban J connectivity index is 1.96. The van der Waals surface area contributed by atoms with E-state index in [0.717, 1.165) is 40.5 Å². The Bertz CT molecular complexity index is 1090. The molecule has 1 aliphatic heterocycles. The number of nitriles is 1. The van der Waals surface area contributed by atoms with Crippen molar-refractivity contribution in [3.05, 3.63) is 35.9 Å². The second-order valence-corrected chi connectivity index (χ2v) is 5.99. The van der Waals surface area contributed by atoms with Crippen LogP contribution in [-0.4, -0.2) is 47.4 Å². The molecule has 3 aromatic rings. The molecule has 0 aromatic carbocycles. The SMILES string of the molecule is CN=CC(=CN)c1cnc2[nH]c3cnc(C#N)c(OC4CNC4)c3c2c1. The first-order valence-electron chi connectivity index (χ1n) is 8.17. The number of nitrogens with two attached hydrogens (primary N) is 1. The highest BCUT2D eigenvalue weighted by atomic mass is 16.5. The van der Waals surface area contributed by atoms with Crippen molar-refractivity contribution in [2.75, 3.05) is 20.1 Å². The zero-order chi connectivity index (χ0) is 18.1. The molecule has 26 heavy (non-hydrogen) atoms. The van der Waals surface area contributed by atoms with E-state index < -0.39 is 0 Å². The molecule has 1 saturated heterocycles. The van der Waals surface area contributed by atoms with Gasteiger partial charge < -0.3 is 20.8 Å². The summed E-state index contributed by atoms with van der Waals surface area (Å²) in [7, 11) is 1.69. The summed E-state index contributed by atoms with van der Waals surface area (Å²) in [6.45, 7) is 1.50.